The minimum Gasteiger partial charge on any atom is -0.493 e. The maximum Gasteiger partial charge on any atom is 0.319 e. The number of nitrogens with zero attached hydrogens (tertiary/aromatic N) is 2. The molecule has 0 radical (unpaired) electrons. The molecule has 0 aliphatic rings. The highest BCUT2D eigenvalue weighted by atomic mass is 32.2. The van der Waals surface area contributed by atoms with Gasteiger partial charge in [-0.15, -0.1) is 10.2 Å². The van der Waals surface area contributed by atoms with Crippen LogP contribution in [0.4, 0.5) is 0 Å². The summed E-state index contributed by atoms with van der Waals surface area (Å²) in [6, 6.07) is 3.44. The van der Waals surface area contributed by atoms with E-state index in [1.54, 1.807) is 19.1 Å². The number of rotatable bonds is 8. The van der Waals surface area contributed by atoms with Gasteiger partial charge in [0.15, 0.2) is 11.5 Å². The highest BCUT2D eigenvalue weighted by Gasteiger charge is 2.19. The van der Waals surface area contributed by atoms with Crippen molar-refractivity contribution >= 4 is 28.1 Å². The lowest BCUT2D eigenvalue weighted by atomic mass is 10.2. The molecule has 0 spiro atoms. The summed E-state index contributed by atoms with van der Waals surface area (Å²) in [5.74, 6) is 0.620. The second kappa shape index (κ2) is 8.77. The Bertz CT molecular complexity index is 752. The third-order valence-corrected chi connectivity index (χ3v) is 5.61. The van der Waals surface area contributed by atoms with Gasteiger partial charge >= 0.3 is 5.97 Å². The number of esters is 1. The van der Waals surface area contributed by atoms with E-state index >= 15 is 0 Å². The Morgan fingerprint density at radius 1 is 1.12 bits per heavy atom. The highest BCUT2D eigenvalue weighted by molar-refractivity contribution is 7.87. The average molecular weight is 386 g/mol. The summed E-state index contributed by atoms with van der Waals surface area (Å²) in [4.78, 5) is 11.4. The number of hydrogen-bond donors (Lipinski definition) is 0. The minimum absolute atomic E-state index is 0.239. The molecule has 1 unspecified atom stereocenters. The van der Waals surface area contributed by atoms with Crippen molar-refractivity contribution < 1.29 is 28.0 Å². The van der Waals surface area contributed by atoms with Crippen molar-refractivity contribution in [1.82, 2.24) is 10.2 Å². The van der Waals surface area contributed by atoms with Gasteiger partial charge in [-0.2, -0.15) is 0 Å². The van der Waals surface area contributed by atoms with Gasteiger partial charge in [0, 0.05) is 5.56 Å². The molecule has 1 atom stereocenters. The van der Waals surface area contributed by atoms with E-state index in [1.165, 1.54) is 21.3 Å². The van der Waals surface area contributed by atoms with Crippen LogP contribution in [-0.2, 0) is 20.3 Å². The van der Waals surface area contributed by atoms with Gasteiger partial charge < -0.3 is 18.9 Å². The van der Waals surface area contributed by atoms with E-state index in [-0.39, 0.29) is 16.7 Å². The van der Waals surface area contributed by atoms with E-state index in [0.717, 1.165) is 11.3 Å². The van der Waals surface area contributed by atoms with Crippen LogP contribution in [0.15, 0.2) is 16.5 Å². The van der Waals surface area contributed by atoms with Gasteiger partial charge in [0.2, 0.25) is 10.1 Å². The molecule has 2 rings (SSSR count). The molecule has 10 heteroatoms. The second-order valence-corrected chi connectivity index (χ2v) is 7.18. The summed E-state index contributed by atoms with van der Waals surface area (Å²) >= 11 is 1.12. The predicted molar refractivity (Wildman–Crippen MR) is 92.9 cm³/mol. The third kappa shape index (κ3) is 4.45. The van der Waals surface area contributed by atoms with Gasteiger partial charge in [0.05, 0.1) is 38.7 Å². The number of carbonyl (C=O) groups is 1. The average Bonchev–Trinajstić information content (AvgIpc) is 3.10. The van der Waals surface area contributed by atoms with E-state index in [2.05, 4.69) is 10.2 Å². The first kappa shape index (κ1) is 19.1. The summed E-state index contributed by atoms with van der Waals surface area (Å²) < 4.78 is 33.1. The van der Waals surface area contributed by atoms with E-state index in [4.69, 9.17) is 18.9 Å². The topological polar surface area (TPSA) is 96.8 Å². The monoisotopic (exact) mass is 386 g/mol. The van der Waals surface area contributed by atoms with E-state index in [0.29, 0.717) is 27.8 Å². The second-order valence-electron chi connectivity index (χ2n) is 4.58. The fraction of sp³-hybridized carbons (Fsp3) is 0.400. The van der Waals surface area contributed by atoms with Gasteiger partial charge in [-0.25, -0.2) is 0 Å². The van der Waals surface area contributed by atoms with Crippen LogP contribution in [0.25, 0.3) is 10.6 Å². The standard InChI is InChI=1S/C15H18N2O6S2/c1-5-23-12(18)8-25(19)15-17-16-14(24-15)9-6-10(20-2)13(22-4)11(7-9)21-3/h6-7H,5,8H2,1-4H3. The Kier molecular flexibility index (Phi) is 6.71. The fourth-order valence-corrected chi connectivity index (χ4v) is 3.90. The fourth-order valence-electron chi connectivity index (χ4n) is 1.99. The smallest absolute Gasteiger partial charge is 0.319 e. The Morgan fingerprint density at radius 3 is 2.28 bits per heavy atom. The zero-order chi connectivity index (χ0) is 18.4. The summed E-state index contributed by atoms with van der Waals surface area (Å²) in [7, 11) is 2.94. The number of benzene rings is 1. The van der Waals surface area contributed by atoms with Gasteiger partial charge in [-0.3, -0.25) is 9.00 Å². The lowest BCUT2D eigenvalue weighted by molar-refractivity contribution is -0.139. The van der Waals surface area contributed by atoms with Gasteiger partial charge in [-0.05, 0) is 19.1 Å². The molecule has 0 saturated heterocycles. The Morgan fingerprint density at radius 2 is 1.76 bits per heavy atom. The van der Waals surface area contributed by atoms with Crippen LogP contribution in [0.1, 0.15) is 6.92 Å². The molecule has 1 heterocycles. The molecule has 0 aliphatic heterocycles. The number of aromatic nitrogens is 2. The van der Waals surface area contributed by atoms with Crippen molar-refractivity contribution in [3.8, 4) is 27.8 Å². The molecule has 0 N–H and O–H groups in total. The normalized spacial score (nSPS) is 11.7. The van der Waals surface area contributed by atoms with E-state index in [1.807, 2.05) is 0 Å². The molecule has 1 aromatic heterocycles. The lowest BCUT2D eigenvalue weighted by Crippen LogP contribution is -2.13. The summed E-state index contributed by atoms with van der Waals surface area (Å²) in [6.07, 6.45) is 0. The van der Waals surface area contributed by atoms with Gasteiger partial charge in [0.1, 0.15) is 10.8 Å². The number of methoxy groups -OCH3 is 3. The Labute approximate surface area is 151 Å². The molecule has 0 fully saturated rings. The lowest BCUT2D eigenvalue weighted by Gasteiger charge is -2.12. The van der Waals surface area contributed by atoms with Crippen LogP contribution < -0.4 is 14.2 Å². The van der Waals surface area contributed by atoms with Gasteiger partial charge in [0.25, 0.3) is 0 Å². The summed E-state index contributed by atoms with van der Waals surface area (Å²) in [6.45, 7) is 1.93. The molecule has 25 heavy (non-hydrogen) atoms. The summed E-state index contributed by atoms with van der Waals surface area (Å²) in [5, 5.41) is 8.47. The molecule has 0 bridgehead atoms. The zero-order valence-electron chi connectivity index (χ0n) is 14.2. The van der Waals surface area contributed by atoms with Crippen molar-refractivity contribution in [3.63, 3.8) is 0 Å². The minimum atomic E-state index is -1.61. The molecule has 0 amide bonds. The molecule has 8 nitrogen and oxygen atoms in total. The Balaban J connectivity index is 2.30. The predicted octanol–water partition coefficient (Wildman–Crippen LogP) is 1.90. The molecule has 136 valence electrons. The van der Waals surface area contributed by atoms with Crippen molar-refractivity contribution in [2.45, 2.75) is 11.3 Å². The van der Waals surface area contributed by atoms with Crippen molar-refractivity contribution in [2.75, 3.05) is 33.7 Å². The maximum absolute atomic E-state index is 12.2. The molecule has 0 saturated carbocycles. The first-order valence-corrected chi connectivity index (χ1v) is 9.35. The Hall–Kier alpha value is -2.20. The van der Waals surface area contributed by atoms with E-state index in [9.17, 15) is 9.00 Å². The van der Waals surface area contributed by atoms with Crippen molar-refractivity contribution in [1.29, 1.82) is 0 Å². The van der Waals surface area contributed by atoms with Crippen LogP contribution in [0.5, 0.6) is 17.2 Å². The number of hydrogen-bond acceptors (Lipinski definition) is 9. The molecule has 2 aromatic rings. The molecular weight excluding hydrogens is 368 g/mol. The molecule has 0 aliphatic carbocycles. The number of ether oxygens (including phenoxy) is 4. The first-order valence-electron chi connectivity index (χ1n) is 7.21. The molecular formula is C15H18N2O6S2. The van der Waals surface area contributed by atoms with Crippen LogP contribution in [0.2, 0.25) is 0 Å². The highest BCUT2D eigenvalue weighted by Crippen LogP contribution is 2.41. The number of carbonyl (C=O) groups excluding carboxylic acids is 1. The quantitative estimate of drug-likeness (QED) is 0.635. The van der Waals surface area contributed by atoms with Gasteiger partial charge in [-0.1, -0.05) is 11.3 Å². The SMILES string of the molecule is CCOC(=O)CS(=O)c1nnc(-c2cc(OC)c(OC)c(OC)c2)s1. The zero-order valence-corrected chi connectivity index (χ0v) is 15.9. The van der Waals surface area contributed by atoms with Crippen LogP contribution in [0.3, 0.4) is 0 Å². The summed E-state index contributed by atoms with van der Waals surface area (Å²) in [5.41, 5.74) is 0.673. The van der Waals surface area contributed by atoms with Crippen molar-refractivity contribution in [2.24, 2.45) is 0 Å². The first-order chi connectivity index (χ1) is 12.0. The van der Waals surface area contributed by atoms with Crippen LogP contribution >= 0.6 is 11.3 Å². The molecule has 1 aromatic carbocycles. The van der Waals surface area contributed by atoms with E-state index < -0.39 is 16.8 Å². The van der Waals surface area contributed by atoms with Crippen LogP contribution in [-0.4, -0.2) is 54.1 Å². The maximum atomic E-state index is 12.2. The largest absolute Gasteiger partial charge is 0.493 e. The van der Waals surface area contributed by atoms with Crippen LogP contribution in [0, 0.1) is 0 Å². The van der Waals surface area contributed by atoms with Crippen molar-refractivity contribution in [3.05, 3.63) is 12.1 Å². The third-order valence-electron chi connectivity index (χ3n) is 3.07.